The van der Waals surface area contributed by atoms with Crippen molar-refractivity contribution < 1.29 is 18.1 Å². The molecule has 1 aliphatic rings. The molecule has 1 N–H and O–H groups in total. The van der Waals surface area contributed by atoms with Crippen molar-refractivity contribution in [2.75, 3.05) is 32.1 Å². The summed E-state index contributed by atoms with van der Waals surface area (Å²) in [4.78, 5) is 10.7. The fourth-order valence-electron chi connectivity index (χ4n) is 2.58. The highest BCUT2D eigenvalue weighted by molar-refractivity contribution is 7.89. The van der Waals surface area contributed by atoms with Crippen LogP contribution in [0.5, 0.6) is 0 Å². The van der Waals surface area contributed by atoms with Gasteiger partial charge in [0.1, 0.15) is 5.69 Å². The SMILES string of the molecule is COC[C@@H](C)Nc1ccc(S(=O)(=O)N2CCCC2)cc1[N+](=O)[O-]. The Labute approximate surface area is 135 Å². The summed E-state index contributed by atoms with van der Waals surface area (Å²) in [5.41, 5.74) is 0.0214. The normalized spacial score (nSPS) is 17.1. The van der Waals surface area contributed by atoms with E-state index in [9.17, 15) is 18.5 Å². The van der Waals surface area contributed by atoms with Crippen LogP contribution in [-0.2, 0) is 14.8 Å². The van der Waals surface area contributed by atoms with E-state index in [4.69, 9.17) is 4.74 Å². The molecule has 1 saturated heterocycles. The van der Waals surface area contributed by atoms with E-state index in [0.29, 0.717) is 19.7 Å². The van der Waals surface area contributed by atoms with E-state index in [2.05, 4.69) is 5.32 Å². The third-order valence-corrected chi connectivity index (χ3v) is 5.58. The summed E-state index contributed by atoms with van der Waals surface area (Å²) in [6.07, 6.45) is 1.63. The van der Waals surface area contributed by atoms with Gasteiger partial charge in [-0.15, -0.1) is 0 Å². The number of sulfonamides is 1. The van der Waals surface area contributed by atoms with Crippen molar-refractivity contribution in [3.05, 3.63) is 28.3 Å². The Hall–Kier alpha value is -1.71. The maximum atomic E-state index is 12.5. The molecule has 0 bridgehead atoms. The molecule has 0 radical (unpaired) electrons. The van der Waals surface area contributed by atoms with Crippen molar-refractivity contribution in [3.8, 4) is 0 Å². The molecule has 9 heteroatoms. The van der Waals surface area contributed by atoms with Gasteiger partial charge in [-0.2, -0.15) is 4.31 Å². The summed E-state index contributed by atoms with van der Waals surface area (Å²) in [7, 11) is -2.13. The number of rotatable bonds is 7. The Morgan fingerprint density at radius 2 is 2.04 bits per heavy atom. The van der Waals surface area contributed by atoms with Crippen LogP contribution in [0.1, 0.15) is 19.8 Å². The smallest absolute Gasteiger partial charge is 0.293 e. The average Bonchev–Trinajstić information content (AvgIpc) is 3.02. The molecule has 8 nitrogen and oxygen atoms in total. The second-order valence-electron chi connectivity index (χ2n) is 5.55. The fourth-order valence-corrected chi connectivity index (χ4v) is 4.12. The van der Waals surface area contributed by atoms with Gasteiger partial charge in [-0.3, -0.25) is 10.1 Å². The second-order valence-corrected chi connectivity index (χ2v) is 7.49. The number of nitrogens with zero attached hydrogens (tertiary/aromatic N) is 2. The first kappa shape index (κ1) is 17.6. The molecule has 2 rings (SSSR count). The molecule has 128 valence electrons. The van der Waals surface area contributed by atoms with Crippen LogP contribution in [0.4, 0.5) is 11.4 Å². The molecular formula is C14H21N3O5S. The van der Waals surface area contributed by atoms with Crippen LogP contribution in [0.2, 0.25) is 0 Å². The monoisotopic (exact) mass is 343 g/mol. The molecule has 1 aliphatic heterocycles. The standard InChI is InChI=1S/C14H21N3O5S/c1-11(10-22-2)15-13-6-5-12(9-14(13)17(18)19)23(20,21)16-7-3-4-8-16/h5-6,9,11,15H,3-4,7-8,10H2,1-2H3/t11-/m1/s1. The van der Waals surface area contributed by atoms with Crippen molar-refractivity contribution in [2.45, 2.75) is 30.7 Å². The van der Waals surface area contributed by atoms with Crippen LogP contribution in [0.15, 0.2) is 23.1 Å². The van der Waals surface area contributed by atoms with Crippen LogP contribution >= 0.6 is 0 Å². The van der Waals surface area contributed by atoms with Crippen molar-refractivity contribution in [2.24, 2.45) is 0 Å². The van der Waals surface area contributed by atoms with Gasteiger partial charge < -0.3 is 10.1 Å². The van der Waals surface area contributed by atoms with Gasteiger partial charge in [-0.1, -0.05) is 0 Å². The van der Waals surface area contributed by atoms with Gasteiger partial charge in [-0.05, 0) is 31.9 Å². The minimum atomic E-state index is -3.67. The van der Waals surface area contributed by atoms with Crippen molar-refractivity contribution in [1.82, 2.24) is 4.31 Å². The Morgan fingerprint density at radius 3 is 2.61 bits per heavy atom. The summed E-state index contributed by atoms with van der Waals surface area (Å²) in [6, 6.07) is 3.82. The Kier molecular flexibility index (Phi) is 5.55. The van der Waals surface area contributed by atoms with Gasteiger partial charge in [0, 0.05) is 32.3 Å². The number of nitrogens with one attached hydrogen (secondary N) is 1. The average molecular weight is 343 g/mol. The zero-order chi connectivity index (χ0) is 17.0. The van der Waals surface area contributed by atoms with E-state index in [1.54, 1.807) is 0 Å². The molecular weight excluding hydrogens is 322 g/mol. The first-order valence-electron chi connectivity index (χ1n) is 7.40. The van der Waals surface area contributed by atoms with Gasteiger partial charge in [0.25, 0.3) is 5.69 Å². The third-order valence-electron chi connectivity index (χ3n) is 3.69. The van der Waals surface area contributed by atoms with Crippen molar-refractivity contribution in [3.63, 3.8) is 0 Å². The molecule has 1 aromatic rings. The van der Waals surface area contributed by atoms with Gasteiger partial charge in [0.05, 0.1) is 16.4 Å². The number of methoxy groups -OCH3 is 1. The highest BCUT2D eigenvalue weighted by atomic mass is 32.2. The van der Waals surface area contributed by atoms with Crippen LogP contribution in [0.3, 0.4) is 0 Å². The molecule has 0 spiro atoms. The van der Waals surface area contributed by atoms with E-state index in [1.807, 2.05) is 6.92 Å². The predicted molar refractivity (Wildman–Crippen MR) is 86.0 cm³/mol. The zero-order valence-corrected chi connectivity index (χ0v) is 14.0. The van der Waals surface area contributed by atoms with E-state index >= 15 is 0 Å². The molecule has 0 unspecified atom stereocenters. The molecule has 1 heterocycles. The fraction of sp³-hybridized carbons (Fsp3) is 0.571. The molecule has 1 aromatic carbocycles. The van der Waals surface area contributed by atoms with E-state index < -0.39 is 14.9 Å². The molecule has 0 aromatic heterocycles. The predicted octanol–water partition coefficient (Wildman–Crippen LogP) is 1.83. The molecule has 0 amide bonds. The number of anilines is 1. The Bertz CT molecular complexity index is 671. The highest BCUT2D eigenvalue weighted by Crippen LogP contribution is 2.30. The summed E-state index contributed by atoms with van der Waals surface area (Å²) in [6.45, 7) is 3.12. The van der Waals surface area contributed by atoms with Gasteiger partial charge in [-0.25, -0.2) is 8.42 Å². The number of hydrogen-bond acceptors (Lipinski definition) is 6. The van der Waals surface area contributed by atoms with Gasteiger partial charge in [0.2, 0.25) is 10.0 Å². The molecule has 1 atom stereocenters. The number of nitro groups is 1. The lowest BCUT2D eigenvalue weighted by Gasteiger charge is -2.17. The van der Waals surface area contributed by atoms with Crippen molar-refractivity contribution in [1.29, 1.82) is 0 Å². The summed E-state index contributed by atoms with van der Waals surface area (Å²) in [5, 5.41) is 14.3. The largest absolute Gasteiger partial charge is 0.383 e. The number of benzene rings is 1. The minimum absolute atomic E-state index is 0.0453. The first-order valence-corrected chi connectivity index (χ1v) is 8.84. The molecule has 23 heavy (non-hydrogen) atoms. The molecule has 0 saturated carbocycles. The topological polar surface area (TPSA) is 102 Å². The zero-order valence-electron chi connectivity index (χ0n) is 13.2. The number of hydrogen-bond donors (Lipinski definition) is 1. The van der Waals surface area contributed by atoms with Crippen LogP contribution in [-0.4, -0.2) is 50.5 Å². The molecule has 0 aliphatic carbocycles. The maximum Gasteiger partial charge on any atom is 0.293 e. The van der Waals surface area contributed by atoms with E-state index in [-0.39, 0.29) is 22.3 Å². The van der Waals surface area contributed by atoms with Gasteiger partial charge >= 0.3 is 0 Å². The summed E-state index contributed by atoms with van der Waals surface area (Å²) < 4.78 is 31.4. The van der Waals surface area contributed by atoms with Crippen LogP contribution in [0, 0.1) is 10.1 Å². The second kappa shape index (κ2) is 7.24. The Morgan fingerprint density at radius 1 is 1.39 bits per heavy atom. The van der Waals surface area contributed by atoms with E-state index in [0.717, 1.165) is 18.9 Å². The number of ether oxygens (including phenoxy) is 1. The lowest BCUT2D eigenvalue weighted by molar-refractivity contribution is -0.384. The van der Waals surface area contributed by atoms with E-state index in [1.165, 1.54) is 23.5 Å². The Balaban J connectivity index is 2.34. The summed E-state index contributed by atoms with van der Waals surface area (Å²) in [5.74, 6) is 0. The van der Waals surface area contributed by atoms with Crippen LogP contribution in [0.25, 0.3) is 0 Å². The maximum absolute atomic E-state index is 12.5. The molecule has 1 fully saturated rings. The minimum Gasteiger partial charge on any atom is -0.383 e. The lowest BCUT2D eigenvalue weighted by atomic mass is 10.2. The van der Waals surface area contributed by atoms with Crippen LogP contribution < -0.4 is 5.32 Å². The third kappa shape index (κ3) is 3.98. The summed E-state index contributed by atoms with van der Waals surface area (Å²) >= 11 is 0. The first-order chi connectivity index (χ1) is 10.9. The van der Waals surface area contributed by atoms with Crippen molar-refractivity contribution >= 4 is 21.4 Å². The lowest BCUT2D eigenvalue weighted by Crippen LogP contribution is -2.28. The number of nitro benzene ring substituents is 1. The highest BCUT2D eigenvalue weighted by Gasteiger charge is 2.29. The van der Waals surface area contributed by atoms with Gasteiger partial charge in [0.15, 0.2) is 0 Å². The quantitative estimate of drug-likeness (QED) is 0.598.